The number of piperidine rings is 1. The molecule has 136 valence electrons. The monoisotopic (exact) mass is 353 g/mol. The first-order valence-electron chi connectivity index (χ1n) is 8.88. The van der Waals surface area contributed by atoms with Crippen LogP contribution in [0.5, 0.6) is 0 Å². The number of hydrogen-bond donors (Lipinski definition) is 1. The topological polar surface area (TPSA) is 62.3 Å². The Hall–Kier alpha value is -0.980. The van der Waals surface area contributed by atoms with E-state index in [0.717, 1.165) is 31.6 Å². The number of nitrogens with zero attached hydrogens (tertiary/aromatic N) is 2. The lowest BCUT2D eigenvalue weighted by atomic mass is 9.94. The second kappa shape index (κ2) is 8.41. The Morgan fingerprint density at radius 1 is 1.25 bits per heavy atom. The molecule has 0 radical (unpaired) electrons. The lowest BCUT2D eigenvalue weighted by molar-refractivity contribution is 0.261. The van der Waals surface area contributed by atoms with E-state index < -0.39 is 10.0 Å². The Morgan fingerprint density at radius 3 is 2.54 bits per heavy atom. The maximum Gasteiger partial charge on any atom is 0.214 e. The molecule has 5 nitrogen and oxygen atoms in total. The summed E-state index contributed by atoms with van der Waals surface area (Å²) in [5, 5.41) is 3.32. The van der Waals surface area contributed by atoms with Crippen LogP contribution in [0.4, 0.5) is 0 Å². The lowest BCUT2D eigenvalue weighted by Gasteiger charge is -2.34. The Balaban J connectivity index is 2.09. The van der Waals surface area contributed by atoms with E-state index in [1.54, 1.807) is 10.5 Å². The van der Waals surface area contributed by atoms with Gasteiger partial charge < -0.3 is 5.32 Å². The van der Waals surface area contributed by atoms with Crippen LogP contribution in [0.1, 0.15) is 45.7 Å². The summed E-state index contributed by atoms with van der Waals surface area (Å²) < 4.78 is 27.7. The molecular formula is C18H31N3O2S. The maximum atomic E-state index is 13.0. The van der Waals surface area contributed by atoms with Gasteiger partial charge in [0.05, 0.1) is 5.75 Å². The van der Waals surface area contributed by atoms with Crippen molar-refractivity contribution in [3.05, 3.63) is 30.1 Å². The second-order valence-corrected chi connectivity index (χ2v) is 9.83. The Labute approximate surface area is 146 Å². The summed E-state index contributed by atoms with van der Waals surface area (Å²) >= 11 is 0. The normalized spacial score (nSPS) is 17.3. The quantitative estimate of drug-likeness (QED) is 0.818. The highest BCUT2D eigenvalue weighted by molar-refractivity contribution is 7.89. The van der Waals surface area contributed by atoms with Crippen LogP contribution in [0.3, 0.4) is 0 Å². The van der Waals surface area contributed by atoms with Gasteiger partial charge in [0.15, 0.2) is 0 Å². The average Bonchev–Trinajstić information content (AvgIpc) is 2.54. The van der Waals surface area contributed by atoms with Crippen molar-refractivity contribution >= 4 is 10.0 Å². The van der Waals surface area contributed by atoms with Gasteiger partial charge in [0.1, 0.15) is 0 Å². The first kappa shape index (κ1) is 19.3. The van der Waals surface area contributed by atoms with Crippen LogP contribution >= 0.6 is 0 Å². The number of pyridine rings is 1. The number of hydrogen-bond acceptors (Lipinski definition) is 4. The SMILES string of the molecule is CC(C)(C)CCS(=O)(=O)N(CCc1ccccn1)C1CCNCC1. The Kier molecular flexibility index (Phi) is 6.78. The fourth-order valence-corrected chi connectivity index (χ4v) is 5.11. The van der Waals surface area contributed by atoms with Gasteiger partial charge in [-0.3, -0.25) is 4.98 Å². The van der Waals surface area contributed by atoms with Crippen LogP contribution in [-0.4, -0.2) is 49.1 Å². The van der Waals surface area contributed by atoms with E-state index in [-0.39, 0.29) is 17.2 Å². The summed E-state index contributed by atoms with van der Waals surface area (Å²) in [5.41, 5.74) is 0.968. The molecule has 0 aromatic carbocycles. The summed E-state index contributed by atoms with van der Waals surface area (Å²) in [4.78, 5) is 4.33. The predicted molar refractivity (Wildman–Crippen MR) is 98.4 cm³/mol. The van der Waals surface area contributed by atoms with Crippen molar-refractivity contribution in [2.45, 2.75) is 52.5 Å². The molecular weight excluding hydrogens is 322 g/mol. The van der Waals surface area contributed by atoms with E-state index in [1.165, 1.54) is 0 Å². The molecule has 1 saturated heterocycles. The summed E-state index contributed by atoms with van der Waals surface area (Å²) in [6.45, 7) is 8.56. The fourth-order valence-electron chi connectivity index (χ4n) is 2.97. The highest BCUT2D eigenvalue weighted by Crippen LogP contribution is 2.23. The van der Waals surface area contributed by atoms with Crippen molar-refractivity contribution in [1.82, 2.24) is 14.6 Å². The summed E-state index contributed by atoms with van der Waals surface area (Å²) in [5.74, 6) is 0.225. The van der Waals surface area contributed by atoms with Gasteiger partial charge in [0, 0.05) is 30.9 Å². The largest absolute Gasteiger partial charge is 0.317 e. The molecule has 0 saturated carbocycles. The Morgan fingerprint density at radius 2 is 1.96 bits per heavy atom. The van der Waals surface area contributed by atoms with Gasteiger partial charge in [-0.15, -0.1) is 0 Å². The number of nitrogens with one attached hydrogen (secondary N) is 1. The molecule has 2 heterocycles. The number of aromatic nitrogens is 1. The molecule has 1 aliphatic rings. The molecule has 6 heteroatoms. The zero-order valence-corrected chi connectivity index (χ0v) is 16.0. The number of sulfonamides is 1. The van der Waals surface area contributed by atoms with E-state index in [4.69, 9.17) is 0 Å². The smallest absolute Gasteiger partial charge is 0.214 e. The van der Waals surface area contributed by atoms with Gasteiger partial charge in [-0.1, -0.05) is 26.8 Å². The van der Waals surface area contributed by atoms with Gasteiger partial charge in [-0.05, 0) is 49.9 Å². The molecule has 1 aromatic heterocycles. The van der Waals surface area contributed by atoms with Crippen LogP contribution in [-0.2, 0) is 16.4 Å². The van der Waals surface area contributed by atoms with Crippen LogP contribution in [0.25, 0.3) is 0 Å². The number of rotatable bonds is 7. The highest BCUT2D eigenvalue weighted by atomic mass is 32.2. The standard InChI is InChI=1S/C18H31N3O2S/c1-18(2,3)10-15-24(22,23)21(17-7-12-19-13-8-17)14-9-16-6-4-5-11-20-16/h4-6,11,17,19H,7-10,12-15H2,1-3H3. The van der Waals surface area contributed by atoms with Gasteiger partial charge in [-0.2, -0.15) is 4.31 Å². The zero-order chi connectivity index (χ0) is 17.6. The van der Waals surface area contributed by atoms with Crippen LogP contribution < -0.4 is 5.32 Å². The first-order chi connectivity index (χ1) is 11.3. The van der Waals surface area contributed by atoms with E-state index in [9.17, 15) is 8.42 Å². The molecule has 0 atom stereocenters. The molecule has 2 rings (SSSR count). The van der Waals surface area contributed by atoms with Crippen molar-refractivity contribution in [1.29, 1.82) is 0 Å². The molecule has 1 aliphatic heterocycles. The third kappa shape index (κ3) is 6.15. The van der Waals surface area contributed by atoms with Crippen LogP contribution in [0, 0.1) is 5.41 Å². The summed E-state index contributed by atoms with van der Waals surface area (Å²) in [6, 6.07) is 5.90. The lowest BCUT2D eigenvalue weighted by Crippen LogP contribution is -2.48. The molecule has 0 spiro atoms. The molecule has 1 N–H and O–H groups in total. The fraction of sp³-hybridized carbons (Fsp3) is 0.722. The minimum atomic E-state index is -3.25. The molecule has 0 aliphatic carbocycles. The Bertz CT molecular complexity index is 590. The van der Waals surface area contributed by atoms with Gasteiger partial charge in [0.2, 0.25) is 10.0 Å². The van der Waals surface area contributed by atoms with Crippen molar-refractivity contribution < 1.29 is 8.42 Å². The van der Waals surface area contributed by atoms with Crippen molar-refractivity contribution in [3.63, 3.8) is 0 Å². The van der Waals surface area contributed by atoms with Crippen molar-refractivity contribution in [2.75, 3.05) is 25.4 Å². The van der Waals surface area contributed by atoms with Crippen LogP contribution in [0.15, 0.2) is 24.4 Å². The average molecular weight is 354 g/mol. The molecule has 0 amide bonds. The van der Waals surface area contributed by atoms with E-state index in [2.05, 4.69) is 31.1 Å². The van der Waals surface area contributed by atoms with Crippen molar-refractivity contribution in [3.8, 4) is 0 Å². The first-order valence-corrected chi connectivity index (χ1v) is 10.5. The minimum absolute atomic E-state index is 0.0217. The maximum absolute atomic E-state index is 13.0. The predicted octanol–water partition coefficient (Wildman–Crippen LogP) is 2.44. The van der Waals surface area contributed by atoms with Crippen LogP contribution in [0.2, 0.25) is 0 Å². The van der Waals surface area contributed by atoms with E-state index in [0.29, 0.717) is 19.4 Å². The zero-order valence-electron chi connectivity index (χ0n) is 15.2. The molecule has 24 heavy (non-hydrogen) atoms. The third-order valence-corrected chi connectivity index (χ3v) is 6.41. The van der Waals surface area contributed by atoms with E-state index in [1.807, 2.05) is 18.2 Å². The molecule has 0 bridgehead atoms. The highest BCUT2D eigenvalue weighted by Gasteiger charge is 2.31. The molecule has 0 unspecified atom stereocenters. The minimum Gasteiger partial charge on any atom is -0.317 e. The second-order valence-electron chi connectivity index (χ2n) is 7.79. The van der Waals surface area contributed by atoms with E-state index >= 15 is 0 Å². The van der Waals surface area contributed by atoms with Gasteiger partial charge in [-0.25, -0.2) is 8.42 Å². The van der Waals surface area contributed by atoms with Gasteiger partial charge >= 0.3 is 0 Å². The molecule has 1 aromatic rings. The van der Waals surface area contributed by atoms with Gasteiger partial charge in [0.25, 0.3) is 0 Å². The summed E-state index contributed by atoms with van der Waals surface area (Å²) in [6.07, 6.45) is 4.88. The van der Waals surface area contributed by atoms with Crippen molar-refractivity contribution in [2.24, 2.45) is 5.41 Å². The summed E-state index contributed by atoms with van der Waals surface area (Å²) in [7, 11) is -3.25. The molecule has 1 fully saturated rings. The third-order valence-electron chi connectivity index (χ3n) is 4.50.